The van der Waals surface area contributed by atoms with Gasteiger partial charge in [-0.25, -0.2) is 0 Å². The Morgan fingerprint density at radius 2 is 0.640 bits per heavy atom. The van der Waals surface area contributed by atoms with E-state index in [1.54, 1.807) is 18.5 Å². The van der Waals surface area contributed by atoms with Gasteiger partial charge in [0.15, 0.2) is 0 Å². The first-order valence-corrected chi connectivity index (χ1v) is 14.6. The lowest BCUT2D eigenvalue weighted by Gasteiger charge is -2.27. The summed E-state index contributed by atoms with van der Waals surface area (Å²) in [6.45, 7) is 9.52. The zero-order chi connectivity index (χ0) is 18.6. The molecule has 0 aliphatic carbocycles. The molecular formula is C24H52P+. The highest BCUT2D eigenvalue weighted by molar-refractivity contribution is 7.75. The highest BCUT2D eigenvalue weighted by Crippen LogP contribution is 2.60. The van der Waals surface area contributed by atoms with Crippen molar-refractivity contribution in [3.05, 3.63) is 0 Å². The van der Waals surface area contributed by atoms with E-state index < -0.39 is 7.26 Å². The molecule has 0 spiro atoms. The van der Waals surface area contributed by atoms with Gasteiger partial charge in [-0.15, -0.1) is 0 Å². The van der Waals surface area contributed by atoms with Crippen molar-refractivity contribution >= 4 is 7.26 Å². The summed E-state index contributed by atoms with van der Waals surface area (Å²) in [6.07, 6.45) is 29.9. The first kappa shape index (κ1) is 25.4. The molecule has 0 aromatic carbocycles. The van der Waals surface area contributed by atoms with Crippen LogP contribution in [0.1, 0.15) is 130 Å². The second-order valence-corrected chi connectivity index (χ2v) is 13.1. The van der Waals surface area contributed by atoms with Crippen molar-refractivity contribution < 1.29 is 0 Å². The first-order valence-electron chi connectivity index (χ1n) is 12.1. The van der Waals surface area contributed by atoms with Crippen LogP contribution in [0.15, 0.2) is 0 Å². The number of hydrogen-bond donors (Lipinski definition) is 0. The van der Waals surface area contributed by atoms with Gasteiger partial charge in [0.2, 0.25) is 0 Å². The normalized spacial score (nSPS) is 12.0. The van der Waals surface area contributed by atoms with Crippen LogP contribution in [0.5, 0.6) is 0 Å². The number of hydrogen-bond acceptors (Lipinski definition) is 0. The van der Waals surface area contributed by atoms with E-state index in [-0.39, 0.29) is 0 Å². The monoisotopic (exact) mass is 371 g/mol. The Bertz CT molecular complexity index is 232. The fourth-order valence-electron chi connectivity index (χ4n) is 4.14. The molecule has 0 aromatic rings. The third-order valence-electron chi connectivity index (χ3n) is 6.13. The highest BCUT2D eigenvalue weighted by atomic mass is 31.2. The molecule has 0 radical (unpaired) electrons. The SMILES string of the molecule is CCCCCCCC[P+](CC)(CCCCCC)CCCCCCCC. The molecule has 0 saturated carbocycles. The van der Waals surface area contributed by atoms with Crippen LogP contribution in [0, 0.1) is 0 Å². The zero-order valence-electron chi connectivity index (χ0n) is 18.6. The van der Waals surface area contributed by atoms with Crippen molar-refractivity contribution in [3.8, 4) is 0 Å². The molecule has 0 unspecified atom stereocenters. The van der Waals surface area contributed by atoms with Crippen molar-refractivity contribution in [2.75, 3.05) is 24.6 Å². The van der Waals surface area contributed by atoms with E-state index in [0.29, 0.717) is 0 Å². The van der Waals surface area contributed by atoms with Crippen LogP contribution >= 0.6 is 7.26 Å². The van der Waals surface area contributed by atoms with Crippen LogP contribution < -0.4 is 0 Å². The van der Waals surface area contributed by atoms with E-state index in [0.717, 1.165) is 0 Å². The van der Waals surface area contributed by atoms with Gasteiger partial charge in [-0.3, -0.25) is 0 Å². The van der Waals surface area contributed by atoms with Crippen LogP contribution in [0.4, 0.5) is 0 Å². The molecule has 0 atom stereocenters. The maximum Gasteiger partial charge on any atom is 0.0594 e. The topological polar surface area (TPSA) is 0 Å². The molecule has 0 N–H and O–H groups in total. The Morgan fingerprint density at radius 1 is 0.360 bits per heavy atom. The summed E-state index contributed by atoms with van der Waals surface area (Å²) in [5.41, 5.74) is 0. The molecule has 0 aliphatic rings. The zero-order valence-corrected chi connectivity index (χ0v) is 19.5. The Hall–Kier alpha value is 0.430. The Labute approximate surface area is 162 Å². The first-order chi connectivity index (χ1) is 12.2. The van der Waals surface area contributed by atoms with Crippen LogP contribution in [0.2, 0.25) is 0 Å². The fourth-order valence-corrected chi connectivity index (χ4v) is 8.44. The van der Waals surface area contributed by atoms with Gasteiger partial charge >= 0.3 is 0 Å². The highest BCUT2D eigenvalue weighted by Gasteiger charge is 2.33. The summed E-state index contributed by atoms with van der Waals surface area (Å²) in [5.74, 6) is 0. The molecule has 0 aromatic heterocycles. The average Bonchev–Trinajstić information content (AvgIpc) is 2.64. The Balaban J connectivity index is 4.20. The summed E-state index contributed by atoms with van der Waals surface area (Å²) in [4.78, 5) is 0. The smallest absolute Gasteiger partial charge is 0.0594 e. The fraction of sp³-hybridized carbons (Fsp3) is 1.00. The maximum absolute atomic E-state index is 2.53. The minimum absolute atomic E-state index is 0.628. The van der Waals surface area contributed by atoms with Crippen molar-refractivity contribution in [1.29, 1.82) is 0 Å². The minimum atomic E-state index is -0.628. The van der Waals surface area contributed by atoms with Gasteiger partial charge in [0.05, 0.1) is 24.6 Å². The molecule has 0 bridgehead atoms. The summed E-state index contributed by atoms with van der Waals surface area (Å²) in [5, 5.41) is 0. The Morgan fingerprint density at radius 3 is 0.960 bits per heavy atom. The van der Waals surface area contributed by atoms with Crippen molar-refractivity contribution in [2.24, 2.45) is 0 Å². The summed E-state index contributed by atoms with van der Waals surface area (Å²) in [7, 11) is -0.628. The summed E-state index contributed by atoms with van der Waals surface area (Å²) >= 11 is 0. The van der Waals surface area contributed by atoms with Crippen molar-refractivity contribution in [3.63, 3.8) is 0 Å². The number of rotatable bonds is 20. The largest absolute Gasteiger partial charge is 0.0654 e. The predicted octanol–water partition coefficient (Wildman–Crippen LogP) is 9.33. The molecule has 0 heterocycles. The third kappa shape index (κ3) is 15.2. The van der Waals surface area contributed by atoms with Crippen molar-refractivity contribution in [2.45, 2.75) is 130 Å². The molecular weight excluding hydrogens is 319 g/mol. The minimum Gasteiger partial charge on any atom is -0.0654 e. The van der Waals surface area contributed by atoms with E-state index >= 15 is 0 Å². The number of unbranched alkanes of at least 4 members (excludes halogenated alkanes) is 13. The maximum atomic E-state index is 2.53. The second kappa shape index (κ2) is 19.2. The lowest BCUT2D eigenvalue weighted by atomic mass is 10.1. The van der Waals surface area contributed by atoms with Gasteiger partial charge in [0, 0.05) is 7.26 Å². The molecule has 25 heavy (non-hydrogen) atoms. The molecule has 0 nitrogen and oxygen atoms in total. The van der Waals surface area contributed by atoms with E-state index in [2.05, 4.69) is 27.7 Å². The van der Waals surface area contributed by atoms with Gasteiger partial charge in [-0.05, 0) is 45.4 Å². The van der Waals surface area contributed by atoms with Crippen molar-refractivity contribution in [1.82, 2.24) is 0 Å². The second-order valence-electron chi connectivity index (χ2n) is 8.42. The Kier molecular flexibility index (Phi) is 19.5. The standard InChI is InChI=1S/C24H52P/c1-5-9-12-15-17-20-23-25(8-4,22-19-14-11-7-3)24-21-18-16-13-10-6-2/h5-24H2,1-4H3/q+1. The van der Waals surface area contributed by atoms with Gasteiger partial charge in [-0.2, -0.15) is 0 Å². The van der Waals surface area contributed by atoms with E-state index in [1.807, 2.05) is 0 Å². The van der Waals surface area contributed by atoms with E-state index in [1.165, 1.54) is 109 Å². The van der Waals surface area contributed by atoms with E-state index in [9.17, 15) is 0 Å². The quantitative estimate of drug-likeness (QED) is 0.148. The van der Waals surface area contributed by atoms with Crippen LogP contribution in [0.25, 0.3) is 0 Å². The molecule has 1 heteroatoms. The predicted molar refractivity (Wildman–Crippen MR) is 123 cm³/mol. The van der Waals surface area contributed by atoms with Crippen LogP contribution in [-0.4, -0.2) is 24.6 Å². The van der Waals surface area contributed by atoms with Crippen LogP contribution in [-0.2, 0) is 0 Å². The molecule has 152 valence electrons. The summed E-state index contributed by atoms with van der Waals surface area (Å²) in [6, 6.07) is 0. The molecule has 0 fully saturated rings. The lowest BCUT2D eigenvalue weighted by molar-refractivity contribution is 0.619. The molecule has 0 rings (SSSR count). The lowest BCUT2D eigenvalue weighted by Crippen LogP contribution is -2.11. The molecule has 0 amide bonds. The summed E-state index contributed by atoms with van der Waals surface area (Å²) < 4.78 is 0. The van der Waals surface area contributed by atoms with E-state index in [4.69, 9.17) is 0 Å². The molecule has 0 saturated heterocycles. The van der Waals surface area contributed by atoms with Gasteiger partial charge in [-0.1, -0.05) is 85.0 Å². The van der Waals surface area contributed by atoms with Gasteiger partial charge < -0.3 is 0 Å². The third-order valence-corrected chi connectivity index (χ3v) is 11.3. The van der Waals surface area contributed by atoms with Gasteiger partial charge in [0.1, 0.15) is 0 Å². The van der Waals surface area contributed by atoms with Crippen LogP contribution in [0.3, 0.4) is 0 Å². The molecule has 0 aliphatic heterocycles. The van der Waals surface area contributed by atoms with Gasteiger partial charge in [0.25, 0.3) is 0 Å². The average molecular weight is 372 g/mol.